The first-order valence-electron chi connectivity index (χ1n) is 9.66. The maximum atomic E-state index is 12.7. The Hall–Kier alpha value is -2.13. The molecule has 138 valence electrons. The quantitative estimate of drug-likeness (QED) is 0.867. The van der Waals surface area contributed by atoms with Crippen LogP contribution in [0.2, 0.25) is 0 Å². The fourth-order valence-electron chi connectivity index (χ4n) is 3.64. The molecule has 1 aliphatic rings. The van der Waals surface area contributed by atoms with Crippen LogP contribution in [0.4, 0.5) is 0 Å². The number of hydrogen-bond acceptors (Lipinski definition) is 2. The van der Waals surface area contributed by atoms with E-state index in [2.05, 4.69) is 79.5 Å². The van der Waals surface area contributed by atoms with Crippen molar-refractivity contribution in [2.75, 3.05) is 13.1 Å². The Kier molecular flexibility index (Phi) is 6.10. The largest absolute Gasteiger partial charge is 0.349 e. The Morgan fingerprint density at radius 3 is 2.42 bits per heavy atom. The molecule has 2 aromatic rings. The zero-order chi connectivity index (χ0) is 18.5. The van der Waals surface area contributed by atoms with Crippen molar-refractivity contribution < 1.29 is 4.79 Å². The molecule has 1 atom stereocenters. The minimum atomic E-state index is 0.0594. The zero-order valence-electron chi connectivity index (χ0n) is 16.2. The standard InChI is InChI=1S/C23H30N2O/c1-17-9-10-22(15-18(17)2)19(3)24-23(26)21-11-13-25(14-12-21)16-20-7-5-4-6-8-20/h4-10,15,19,21H,11-14,16H2,1-3H3,(H,24,26)/t19-/m1/s1. The summed E-state index contributed by atoms with van der Waals surface area (Å²) in [6, 6.07) is 17.1. The number of rotatable bonds is 5. The van der Waals surface area contributed by atoms with E-state index in [0.29, 0.717) is 0 Å². The minimum absolute atomic E-state index is 0.0594. The van der Waals surface area contributed by atoms with E-state index in [1.54, 1.807) is 0 Å². The average Bonchev–Trinajstić information content (AvgIpc) is 2.65. The van der Waals surface area contributed by atoms with E-state index in [4.69, 9.17) is 0 Å². The van der Waals surface area contributed by atoms with Gasteiger partial charge in [0, 0.05) is 12.5 Å². The van der Waals surface area contributed by atoms with Crippen LogP contribution in [0.3, 0.4) is 0 Å². The molecule has 0 saturated carbocycles. The molecule has 1 fully saturated rings. The van der Waals surface area contributed by atoms with Gasteiger partial charge in [-0.25, -0.2) is 0 Å². The Morgan fingerprint density at radius 1 is 1.08 bits per heavy atom. The molecule has 3 nitrogen and oxygen atoms in total. The van der Waals surface area contributed by atoms with Gasteiger partial charge < -0.3 is 5.32 Å². The van der Waals surface area contributed by atoms with Crippen LogP contribution in [0.15, 0.2) is 48.5 Å². The number of carbonyl (C=O) groups is 1. The predicted molar refractivity (Wildman–Crippen MR) is 107 cm³/mol. The Balaban J connectivity index is 1.49. The number of hydrogen-bond donors (Lipinski definition) is 1. The van der Waals surface area contributed by atoms with Gasteiger partial charge >= 0.3 is 0 Å². The van der Waals surface area contributed by atoms with Gasteiger partial charge in [-0.1, -0.05) is 48.5 Å². The summed E-state index contributed by atoms with van der Waals surface area (Å²) in [6.45, 7) is 9.28. The lowest BCUT2D eigenvalue weighted by atomic mass is 9.94. The fourth-order valence-corrected chi connectivity index (χ4v) is 3.64. The number of nitrogens with zero attached hydrogens (tertiary/aromatic N) is 1. The normalized spacial score (nSPS) is 17.0. The molecule has 1 N–H and O–H groups in total. The monoisotopic (exact) mass is 350 g/mol. The highest BCUT2D eigenvalue weighted by Crippen LogP contribution is 2.22. The van der Waals surface area contributed by atoms with Crippen LogP contribution in [0.25, 0.3) is 0 Å². The second-order valence-electron chi connectivity index (χ2n) is 7.61. The van der Waals surface area contributed by atoms with Gasteiger partial charge in [-0.3, -0.25) is 9.69 Å². The molecule has 0 aliphatic carbocycles. The third kappa shape index (κ3) is 4.73. The number of carbonyl (C=O) groups excluding carboxylic acids is 1. The number of nitrogens with one attached hydrogen (secondary N) is 1. The van der Waals surface area contributed by atoms with E-state index in [1.807, 2.05) is 0 Å². The van der Waals surface area contributed by atoms with Crippen molar-refractivity contribution in [2.24, 2.45) is 5.92 Å². The molecule has 26 heavy (non-hydrogen) atoms. The maximum absolute atomic E-state index is 12.7. The van der Waals surface area contributed by atoms with Crippen molar-refractivity contribution >= 4 is 5.91 Å². The Morgan fingerprint density at radius 2 is 1.77 bits per heavy atom. The minimum Gasteiger partial charge on any atom is -0.349 e. The summed E-state index contributed by atoms with van der Waals surface area (Å²) in [6.07, 6.45) is 1.89. The summed E-state index contributed by atoms with van der Waals surface area (Å²) in [5.74, 6) is 0.339. The first-order valence-corrected chi connectivity index (χ1v) is 9.66. The molecule has 2 aromatic carbocycles. The van der Waals surface area contributed by atoms with E-state index in [1.165, 1.54) is 22.3 Å². The lowest BCUT2D eigenvalue weighted by Gasteiger charge is -2.32. The first kappa shape index (κ1) is 18.7. The fraction of sp³-hybridized carbons (Fsp3) is 0.435. The molecule has 0 radical (unpaired) electrons. The van der Waals surface area contributed by atoms with Crippen LogP contribution in [0.1, 0.15) is 48.1 Å². The second-order valence-corrected chi connectivity index (χ2v) is 7.61. The van der Waals surface area contributed by atoms with E-state index in [9.17, 15) is 4.79 Å². The van der Waals surface area contributed by atoms with Crippen LogP contribution in [0, 0.1) is 19.8 Å². The highest BCUT2D eigenvalue weighted by Gasteiger charge is 2.26. The van der Waals surface area contributed by atoms with E-state index in [0.717, 1.165) is 32.5 Å². The van der Waals surface area contributed by atoms with Crippen molar-refractivity contribution in [1.82, 2.24) is 10.2 Å². The van der Waals surface area contributed by atoms with Crippen molar-refractivity contribution in [1.29, 1.82) is 0 Å². The van der Waals surface area contributed by atoms with Gasteiger partial charge in [0.1, 0.15) is 0 Å². The zero-order valence-corrected chi connectivity index (χ0v) is 16.2. The van der Waals surface area contributed by atoms with Crippen molar-refractivity contribution in [2.45, 2.75) is 46.2 Å². The average molecular weight is 351 g/mol. The molecule has 3 rings (SSSR count). The van der Waals surface area contributed by atoms with Crippen LogP contribution in [0.5, 0.6) is 0 Å². The SMILES string of the molecule is Cc1ccc([C@@H](C)NC(=O)C2CCN(Cc3ccccc3)CC2)cc1C. The van der Waals surface area contributed by atoms with E-state index < -0.39 is 0 Å². The lowest BCUT2D eigenvalue weighted by Crippen LogP contribution is -2.40. The van der Waals surface area contributed by atoms with Crippen molar-refractivity contribution in [3.8, 4) is 0 Å². The summed E-state index contributed by atoms with van der Waals surface area (Å²) in [5, 5.41) is 3.22. The molecule has 0 unspecified atom stereocenters. The highest BCUT2D eigenvalue weighted by atomic mass is 16.1. The molecule has 1 aliphatic heterocycles. The third-order valence-electron chi connectivity index (χ3n) is 5.60. The van der Waals surface area contributed by atoms with Gasteiger partial charge in [0.05, 0.1) is 6.04 Å². The number of benzene rings is 2. The van der Waals surface area contributed by atoms with Gasteiger partial charge in [0.2, 0.25) is 5.91 Å². The lowest BCUT2D eigenvalue weighted by molar-refractivity contribution is -0.127. The number of amides is 1. The molecule has 1 saturated heterocycles. The molecule has 0 aromatic heterocycles. The molecule has 3 heteroatoms. The van der Waals surface area contributed by atoms with Crippen LogP contribution < -0.4 is 5.32 Å². The predicted octanol–water partition coefficient (Wildman–Crippen LogP) is 4.39. The van der Waals surface area contributed by atoms with Crippen molar-refractivity contribution in [3.05, 3.63) is 70.8 Å². The van der Waals surface area contributed by atoms with Gasteiger partial charge in [-0.2, -0.15) is 0 Å². The Bertz CT molecular complexity index is 733. The van der Waals surface area contributed by atoms with E-state index in [-0.39, 0.29) is 17.9 Å². The highest BCUT2D eigenvalue weighted by molar-refractivity contribution is 5.79. The summed E-state index contributed by atoms with van der Waals surface area (Å²) in [5.41, 5.74) is 5.10. The molecule has 0 spiro atoms. The third-order valence-corrected chi connectivity index (χ3v) is 5.60. The summed E-state index contributed by atoms with van der Waals surface area (Å²) < 4.78 is 0. The number of piperidine rings is 1. The Labute approximate surface area is 157 Å². The number of aryl methyl sites for hydroxylation is 2. The van der Waals surface area contributed by atoms with Crippen molar-refractivity contribution in [3.63, 3.8) is 0 Å². The topological polar surface area (TPSA) is 32.3 Å². The molecule has 0 bridgehead atoms. The van der Waals surface area contributed by atoms with Gasteiger partial charge in [0.15, 0.2) is 0 Å². The second kappa shape index (κ2) is 8.50. The van der Waals surface area contributed by atoms with Gasteiger partial charge in [0.25, 0.3) is 0 Å². The molecular formula is C23H30N2O. The molecule has 1 amide bonds. The van der Waals surface area contributed by atoms with Gasteiger partial charge in [-0.05, 0) is 69.0 Å². The molecule has 1 heterocycles. The van der Waals surface area contributed by atoms with Gasteiger partial charge in [-0.15, -0.1) is 0 Å². The summed E-state index contributed by atoms with van der Waals surface area (Å²) in [4.78, 5) is 15.1. The summed E-state index contributed by atoms with van der Waals surface area (Å²) >= 11 is 0. The molecular weight excluding hydrogens is 320 g/mol. The summed E-state index contributed by atoms with van der Waals surface area (Å²) in [7, 11) is 0. The van der Waals surface area contributed by atoms with E-state index >= 15 is 0 Å². The first-order chi connectivity index (χ1) is 12.5. The van der Waals surface area contributed by atoms with Crippen LogP contribution >= 0.6 is 0 Å². The maximum Gasteiger partial charge on any atom is 0.223 e. The smallest absolute Gasteiger partial charge is 0.223 e. The van der Waals surface area contributed by atoms with Crippen LogP contribution in [-0.2, 0) is 11.3 Å². The number of likely N-dealkylation sites (tertiary alicyclic amines) is 1. The van der Waals surface area contributed by atoms with Crippen LogP contribution in [-0.4, -0.2) is 23.9 Å².